The van der Waals surface area contributed by atoms with Crippen LogP contribution in [0, 0.1) is 0 Å². The first-order chi connectivity index (χ1) is 25.1. The highest BCUT2D eigenvalue weighted by Crippen LogP contribution is 2.51. The summed E-state index contributed by atoms with van der Waals surface area (Å²) in [6, 6.07) is 52.3. The second-order valence-electron chi connectivity index (χ2n) is 13.3. The van der Waals surface area contributed by atoms with Gasteiger partial charge in [-0.15, -0.1) is 0 Å². The SMILES string of the molecule is CC(C)(C)NC(=O)C(c1ccccc1N=P(c1ccccc1)(c1ccccc1)c1ccccc1)N(C(=O)C(=O)c1ccccc1)c1ccccc1Br. The van der Waals surface area contributed by atoms with Crippen LogP contribution in [0.4, 0.5) is 11.4 Å². The largest absolute Gasteiger partial charge is 0.349 e. The molecule has 6 nitrogen and oxygen atoms in total. The van der Waals surface area contributed by atoms with Gasteiger partial charge >= 0.3 is 0 Å². The Morgan fingerprint density at radius 2 is 1.06 bits per heavy atom. The van der Waals surface area contributed by atoms with Crippen molar-refractivity contribution in [3.63, 3.8) is 0 Å². The van der Waals surface area contributed by atoms with Crippen molar-refractivity contribution in [3.8, 4) is 0 Å². The molecule has 0 heterocycles. The molecule has 6 aromatic carbocycles. The molecule has 0 aliphatic carbocycles. The third-order valence-electron chi connectivity index (χ3n) is 8.44. The Labute approximate surface area is 313 Å². The predicted molar refractivity (Wildman–Crippen MR) is 217 cm³/mol. The number of anilines is 1. The number of hydrogen-bond acceptors (Lipinski definition) is 4. The average molecular weight is 769 g/mol. The number of amides is 2. The van der Waals surface area contributed by atoms with Crippen molar-refractivity contribution < 1.29 is 14.4 Å². The number of carbonyl (C=O) groups excluding carboxylic acids is 3. The summed E-state index contributed by atoms with van der Waals surface area (Å²) in [4.78, 5) is 44.8. The van der Waals surface area contributed by atoms with E-state index >= 15 is 0 Å². The van der Waals surface area contributed by atoms with Gasteiger partial charge in [-0.1, -0.05) is 152 Å². The number of hydrogen-bond donors (Lipinski definition) is 1. The molecule has 0 aliphatic heterocycles. The molecule has 0 fully saturated rings. The topological polar surface area (TPSA) is 78.8 Å². The summed E-state index contributed by atoms with van der Waals surface area (Å²) >= 11 is 3.63. The van der Waals surface area contributed by atoms with Crippen LogP contribution in [0.5, 0.6) is 0 Å². The predicted octanol–water partition coefficient (Wildman–Crippen LogP) is 9.13. The fraction of sp³-hybridized carbons (Fsp3) is 0.114. The Bertz CT molecular complexity index is 2140. The first-order valence-corrected chi connectivity index (χ1v) is 19.5. The number of carbonyl (C=O) groups is 3. The van der Waals surface area contributed by atoms with Crippen molar-refractivity contribution in [1.29, 1.82) is 0 Å². The number of ketones is 1. The molecule has 6 rings (SSSR count). The molecule has 52 heavy (non-hydrogen) atoms. The smallest absolute Gasteiger partial charge is 0.300 e. The summed E-state index contributed by atoms with van der Waals surface area (Å²) < 4.78 is 6.31. The van der Waals surface area contributed by atoms with Crippen LogP contribution in [0.15, 0.2) is 179 Å². The van der Waals surface area contributed by atoms with Crippen LogP contribution >= 0.6 is 23.0 Å². The molecule has 6 aromatic rings. The summed E-state index contributed by atoms with van der Waals surface area (Å²) in [6.45, 7) is 5.65. The van der Waals surface area contributed by atoms with Gasteiger partial charge in [0.25, 0.3) is 11.7 Å². The van der Waals surface area contributed by atoms with Gasteiger partial charge in [-0.3, -0.25) is 24.0 Å². The number of nitrogens with zero attached hydrogens (tertiary/aromatic N) is 2. The molecule has 0 bridgehead atoms. The number of rotatable bonds is 10. The maximum Gasteiger partial charge on any atom is 0.300 e. The lowest BCUT2D eigenvalue weighted by atomic mass is 9.98. The van der Waals surface area contributed by atoms with Crippen molar-refractivity contribution >= 4 is 67.9 Å². The fourth-order valence-electron chi connectivity index (χ4n) is 6.19. The standard InChI is InChI=1S/C44H39BrN3O3P/c1-44(2,3)46-42(50)40(48(39-31-19-17-29-37(39)45)43(51)41(49)32-20-8-4-9-21-32)36-28-16-18-30-38(36)47-52(33-22-10-5-11-23-33,34-24-12-6-13-25-34)35-26-14-7-15-27-35/h4-31,40H,1-3H3,(H,46,50). The molecule has 0 radical (unpaired) electrons. The summed E-state index contributed by atoms with van der Waals surface area (Å²) in [5.41, 5.74) is 0.929. The van der Waals surface area contributed by atoms with E-state index in [0.717, 1.165) is 15.9 Å². The Kier molecular flexibility index (Phi) is 11.1. The van der Waals surface area contributed by atoms with Crippen molar-refractivity contribution in [3.05, 3.63) is 185 Å². The van der Waals surface area contributed by atoms with E-state index in [1.807, 2.05) is 106 Å². The molecule has 0 aliphatic rings. The van der Waals surface area contributed by atoms with Crippen molar-refractivity contribution in [2.45, 2.75) is 32.4 Å². The van der Waals surface area contributed by atoms with Crippen LogP contribution in [0.2, 0.25) is 0 Å². The van der Waals surface area contributed by atoms with E-state index < -0.39 is 36.2 Å². The third kappa shape index (κ3) is 7.76. The lowest BCUT2D eigenvalue weighted by Crippen LogP contribution is -2.51. The van der Waals surface area contributed by atoms with Crippen LogP contribution in [0.25, 0.3) is 0 Å². The Morgan fingerprint density at radius 1 is 0.615 bits per heavy atom. The van der Waals surface area contributed by atoms with E-state index in [2.05, 4.69) is 57.6 Å². The Hall–Kier alpha value is -5.36. The van der Waals surface area contributed by atoms with Gasteiger partial charge in [0, 0.05) is 37.1 Å². The summed E-state index contributed by atoms with van der Waals surface area (Å²) in [7, 11) is -2.80. The molecule has 1 N–H and O–H groups in total. The molecule has 0 saturated heterocycles. The van der Waals surface area contributed by atoms with Gasteiger partial charge in [0.1, 0.15) is 6.04 Å². The number of para-hydroxylation sites is 1. The summed E-state index contributed by atoms with van der Waals surface area (Å²) in [6.07, 6.45) is 0. The van der Waals surface area contributed by atoms with Crippen molar-refractivity contribution in [2.75, 3.05) is 4.90 Å². The minimum Gasteiger partial charge on any atom is -0.349 e. The molecule has 0 spiro atoms. The van der Waals surface area contributed by atoms with Crippen LogP contribution < -0.4 is 26.1 Å². The van der Waals surface area contributed by atoms with E-state index in [1.54, 1.807) is 48.5 Å². The maximum absolute atomic E-state index is 14.8. The van der Waals surface area contributed by atoms with Gasteiger partial charge in [0.05, 0.1) is 18.4 Å². The number of nitrogens with one attached hydrogen (secondary N) is 1. The maximum atomic E-state index is 14.8. The molecule has 2 amide bonds. The monoisotopic (exact) mass is 767 g/mol. The van der Waals surface area contributed by atoms with E-state index in [9.17, 15) is 14.4 Å². The Balaban J connectivity index is 1.69. The zero-order chi connectivity index (χ0) is 36.7. The zero-order valence-corrected chi connectivity index (χ0v) is 31.7. The normalized spacial score (nSPS) is 12.0. The molecule has 0 aromatic heterocycles. The molecular formula is C44H39BrN3O3P. The van der Waals surface area contributed by atoms with E-state index in [1.165, 1.54) is 4.90 Å². The van der Waals surface area contributed by atoms with E-state index in [4.69, 9.17) is 4.74 Å². The lowest BCUT2D eigenvalue weighted by Gasteiger charge is -2.35. The quantitative estimate of drug-likeness (QED) is 0.0859. The highest BCUT2D eigenvalue weighted by Gasteiger charge is 2.40. The van der Waals surface area contributed by atoms with Crippen LogP contribution in [0.1, 0.15) is 42.7 Å². The van der Waals surface area contributed by atoms with Crippen LogP contribution in [-0.4, -0.2) is 23.1 Å². The van der Waals surface area contributed by atoms with Crippen LogP contribution in [0.3, 0.4) is 0 Å². The van der Waals surface area contributed by atoms with E-state index in [-0.39, 0.29) is 5.56 Å². The van der Waals surface area contributed by atoms with Crippen LogP contribution in [-0.2, 0) is 9.59 Å². The first kappa shape index (κ1) is 36.4. The molecule has 0 saturated carbocycles. The molecular weight excluding hydrogens is 729 g/mol. The minimum atomic E-state index is -2.80. The third-order valence-corrected chi connectivity index (χ3v) is 12.8. The second-order valence-corrected chi connectivity index (χ2v) is 17.1. The molecule has 260 valence electrons. The zero-order valence-electron chi connectivity index (χ0n) is 29.2. The average Bonchev–Trinajstić information content (AvgIpc) is 3.17. The van der Waals surface area contributed by atoms with Gasteiger partial charge in [0.2, 0.25) is 5.91 Å². The van der Waals surface area contributed by atoms with Gasteiger partial charge in [-0.2, -0.15) is 0 Å². The second kappa shape index (κ2) is 15.9. The van der Waals surface area contributed by atoms with Gasteiger partial charge in [0.15, 0.2) is 0 Å². The summed E-state index contributed by atoms with van der Waals surface area (Å²) in [5.74, 6) is -2.04. The molecule has 1 unspecified atom stereocenters. The van der Waals surface area contributed by atoms with Gasteiger partial charge in [-0.25, -0.2) is 0 Å². The van der Waals surface area contributed by atoms with Gasteiger partial charge in [-0.05, 0) is 54.9 Å². The minimum absolute atomic E-state index is 0.222. The van der Waals surface area contributed by atoms with Gasteiger partial charge < -0.3 is 5.32 Å². The van der Waals surface area contributed by atoms with E-state index in [0.29, 0.717) is 21.4 Å². The number of Topliss-reactive ketones (excluding diaryl/α,β-unsaturated/α-hetero) is 1. The fourth-order valence-corrected chi connectivity index (χ4v) is 10.2. The highest BCUT2D eigenvalue weighted by molar-refractivity contribution is 9.10. The first-order valence-electron chi connectivity index (χ1n) is 17.0. The lowest BCUT2D eigenvalue weighted by molar-refractivity contribution is -0.126. The van der Waals surface area contributed by atoms with Crippen molar-refractivity contribution in [1.82, 2.24) is 5.32 Å². The number of halogens is 1. The molecule has 1 atom stereocenters. The molecule has 8 heteroatoms. The Morgan fingerprint density at radius 3 is 1.56 bits per heavy atom. The highest BCUT2D eigenvalue weighted by atomic mass is 79.9. The number of benzene rings is 6. The summed E-state index contributed by atoms with van der Waals surface area (Å²) in [5, 5.41) is 6.19. The van der Waals surface area contributed by atoms with Crippen molar-refractivity contribution in [2.24, 2.45) is 4.74 Å².